The van der Waals surface area contributed by atoms with Gasteiger partial charge in [-0.15, -0.1) is 24.8 Å². The molecule has 9 heteroatoms. The SMILES string of the molecule is CN1CCCc2c1nc(N1CCN(Cc3ccccc3F)CC1)[nH]c2=O.Cl.Cl. The minimum absolute atomic E-state index is 0. The maximum absolute atomic E-state index is 13.8. The van der Waals surface area contributed by atoms with Gasteiger partial charge in [0.2, 0.25) is 5.95 Å². The predicted octanol–water partition coefficient (Wildman–Crippen LogP) is 2.46. The molecule has 0 saturated carbocycles. The molecule has 0 bridgehead atoms. The fraction of sp³-hybridized carbons (Fsp3) is 0.474. The van der Waals surface area contributed by atoms with Crippen molar-refractivity contribution in [3.8, 4) is 0 Å². The standard InChI is InChI=1S/C19H24FN5O.2ClH/c1-23-8-4-6-15-17(23)21-19(22-18(15)26)25-11-9-24(10-12-25)13-14-5-2-3-7-16(14)20;;/h2-3,5,7H,4,6,8-13H2,1H3,(H,21,22,26);2*1H. The Hall–Kier alpha value is -1.83. The summed E-state index contributed by atoms with van der Waals surface area (Å²) in [5.74, 6) is 1.30. The van der Waals surface area contributed by atoms with E-state index in [1.165, 1.54) is 6.07 Å². The molecule has 1 aromatic heterocycles. The Balaban J connectivity index is 0.00000140. The highest BCUT2D eigenvalue weighted by Crippen LogP contribution is 2.23. The number of halogens is 3. The molecule has 0 radical (unpaired) electrons. The van der Waals surface area contributed by atoms with Crippen molar-refractivity contribution >= 4 is 36.6 Å². The fourth-order valence-electron chi connectivity index (χ4n) is 3.75. The first-order chi connectivity index (χ1) is 12.6. The van der Waals surface area contributed by atoms with Crippen molar-refractivity contribution in [3.63, 3.8) is 0 Å². The van der Waals surface area contributed by atoms with E-state index < -0.39 is 0 Å². The molecule has 0 spiro atoms. The topological polar surface area (TPSA) is 55.5 Å². The monoisotopic (exact) mass is 429 g/mol. The van der Waals surface area contributed by atoms with Crippen molar-refractivity contribution in [1.82, 2.24) is 14.9 Å². The van der Waals surface area contributed by atoms with E-state index >= 15 is 0 Å². The lowest BCUT2D eigenvalue weighted by molar-refractivity contribution is 0.245. The first-order valence-electron chi connectivity index (χ1n) is 9.17. The number of hydrogen-bond acceptors (Lipinski definition) is 5. The number of aromatic amines is 1. The van der Waals surface area contributed by atoms with Gasteiger partial charge in [-0.05, 0) is 18.9 Å². The molecule has 1 saturated heterocycles. The molecule has 1 aromatic carbocycles. The average Bonchev–Trinajstić information content (AvgIpc) is 2.65. The second-order valence-electron chi connectivity index (χ2n) is 7.07. The van der Waals surface area contributed by atoms with Crippen molar-refractivity contribution in [2.75, 3.05) is 49.6 Å². The Bertz CT molecular complexity index is 854. The van der Waals surface area contributed by atoms with Crippen LogP contribution in [0.1, 0.15) is 17.5 Å². The Kier molecular flexibility index (Phi) is 7.69. The summed E-state index contributed by atoms with van der Waals surface area (Å²) in [5, 5.41) is 0. The zero-order valence-electron chi connectivity index (χ0n) is 15.9. The number of anilines is 2. The third-order valence-electron chi connectivity index (χ3n) is 5.29. The molecule has 154 valence electrons. The second-order valence-corrected chi connectivity index (χ2v) is 7.07. The third-order valence-corrected chi connectivity index (χ3v) is 5.29. The summed E-state index contributed by atoms with van der Waals surface area (Å²) >= 11 is 0. The molecule has 2 aliphatic rings. The number of rotatable bonds is 3. The number of aromatic nitrogens is 2. The van der Waals surface area contributed by atoms with E-state index in [9.17, 15) is 9.18 Å². The summed E-state index contributed by atoms with van der Waals surface area (Å²) < 4.78 is 13.8. The second kappa shape index (κ2) is 9.58. The van der Waals surface area contributed by atoms with Crippen LogP contribution in [0.25, 0.3) is 0 Å². The molecule has 1 fully saturated rings. The van der Waals surface area contributed by atoms with Crippen molar-refractivity contribution in [2.45, 2.75) is 19.4 Å². The van der Waals surface area contributed by atoms with Crippen molar-refractivity contribution < 1.29 is 4.39 Å². The van der Waals surface area contributed by atoms with Crippen LogP contribution in [0, 0.1) is 5.82 Å². The summed E-state index contributed by atoms with van der Waals surface area (Å²) in [6.45, 7) is 4.69. The average molecular weight is 430 g/mol. The van der Waals surface area contributed by atoms with Crippen LogP contribution in [0.15, 0.2) is 29.1 Å². The Morgan fingerprint density at radius 1 is 1.11 bits per heavy atom. The van der Waals surface area contributed by atoms with Gasteiger partial charge in [0.1, 0.15) is 11.6 Å². The van der Waals surface area contributed by atoms with Crippen LogP contribution in [0.3, 0.4) is 0 Å². The Morgan fingerprint density at radius 3 is 2.54 bits per heavy atom. The molecule has 1 N–H and O–H groups in total. The van der Waals surface area contributed by atoms with Crippen LogP contribution in [-0.2, 0) is 13.0 Å². The van der Waals surface area contributed by atoms with Gasteiger partial charge in [-0.1, -0.05) is 18.2 Å². The molecule has 28 heavy (non-hydrogen) atoms. The van der Waals surface area contributed by atoms with Crippen LogP contribution in [0.5, 0.6) is 0 Å². The summed E-state index contributed by atoms with van der Waals surface area (Å²) in [6, 6.07) is 6.92. The van der Waals surface area contributed by atoms with E-state index in [-0.39, 0.29) is 36.2 Å². The molecular weight excluding hydrogens is 404 g/mol. The summed E-state index contributed by atoms with van der Waals surface area (Å²) in [6.07, 6.45) is 1.78. The molecule has 4 rings (SSSR count). The minimum Gasteiger partial charge on any atom is -0.359 e. The predicted molar refractivity (Wildman–Crippen MR) is 115 cm³/mol. The van der Waals surface area contributed by atoms with Gasteiger partial charge >= 0.3 is 0 Å². The lowest BCUT2D eigenvalue weighted by Gasteiger charge is -2.36. The Labute approximate surface area is 176 Å². The van der Waals surface area contributed by atoms with E-state index in [2.05, 4.69) is 19.7 Å². The maximum atomic E-state index is 13.8. The van der Waals surface area contributed by atoms with Gasteiger partial charge in [-0.25, -0.2) is 4.39 Å². The lowest BCUT2D eigenvalue weighted by Crippen LogP contribution is -2.47. The highest BCUT2D eigenvalue weighted by atomic mass is 35.5. The number of fused-ring (bicyclic) bond motifs is 1. The molecular formula is C19H26Cl2FN5O. The molecule has 0 unspecified atom stereocenters. The van der Waals surface area contributed by atoms with Crippen LogP contribution in [-0.4, -0.2) is 54.6 Å². The zero-order chi connectivity index (χ0) is 18.1. The van der Waals surface area contributed by atoms with Gasteiger partial charge in [0.15, 0.2) is 0 Å². The fourth-order valence-corrected chi connectivity index (χ4v) is 3.75. The quantitative estimate of drug-likeness (QED) is 0.811. The summed E-state index contributed by atoms with van der Waals surface area (Å²) in [5.41, 5.74) is 1.49. The number of benzene rings is 1. The molecule has 6 nitrogen and oxygen atoms in total. The Morgan fingerprint density at radius 2 is 1.82 bits per heavy atom. The zero-order valence-corrected chi connectivity index (χ0v) is 17.5. The molecule has 0 atom stereocenters. The minimum atomic E-state index is -0.154. The first-order valence-corrected chi connectivity index (χ1v) is 9.17. The summed E-state index contributed by atoms with van der Waals surface area (Å²) in [4.78, 5) is 26.5. The molecule has 0 amide bonds. The molecule has 2 aliphatic heterocycles. The molecule has 3 heterocycles. The number of piperazine rings is 1. The van der Waals surface area contributed by atoms with E-state index in [1.807, 2.05) is 19.2 Å². The molecule has 2 aromatic rings. The van der Waals surface area contributed by atoms with Crippen molar-refractivity contribution in [3.05, 3.63) is 51.6 Å². The highest BCUT2D eigenvalue weighted by Gasteiger charge is 2.24. The smallest absolute Gasteiger partial charge is 0.257 e. The number of hydrogen-bond donors (Lipinski definition) is 1. The van der Waals surface area contributed by atoms with Crippen LogP contribution in [0.4, 0.5) is 16.2 Å². The van der Waals surface area contributed by atoms with Gasteiger partial charge < -0.3 is 9.80 Å². The van der Waals surface area contributed by atoms with Gasteiger partial charge in [-0.2, -0.15) is 4.98 Å². The van der Waals surface area contributed by atoms with Gasteiger partial charge in [0.25, 0.3) is 5.56 Å². The number of nitrogens with one attached hydrogen (secondary N) is 1. The lowest BCUT2D eigenvalue weighted by atomic mass is 10.1. The van der Waals surface area contributed by atoms with E-state index in [4.69, 9.17) is 4.98 Å². The number of nitrogens with zero attached hydrogens (tertiary/aromatic N) is 4. The highest BCUT2D eigenvalue weighted by molar-refractivity contribution is 5.85. The van der Waals surface area contributed by atoms with Crippen LogP contribution < -0.4 is 15.4 Å². The van der Waals surface area contributed by atoms with E-state index in [0.717, 1.165) is 62.5 Å². The van der Waals surface area contributed by atoms with Crippen LogP contribution >= 0.6 is 24.8 Å². The first kappa shape index (κ1) is 22.5. The van der Waals surface area contributed by atoms with E-state index in [0.29, 0.717) is 12.5 Å². The normalized spacial score (nSPS) is 16.8. The van der Waals surface area contributed by atoms with Gasteiger partial charge in [-0.3, -0.25) is 14.7 Å². The van der Waals surface area contributed by atoms with Crippen molar-refractivity contribution in [1.29, 1.82) is 0 Å². The summed E-state index contributed by atoms with van der Waals surface area (Å²) in [7, 11) is 1.99. The molecule has 0 aliphatic carbocycles. The maximum Gasteiger partial charge on any atom is 0.257 e. The van der Waals surface area contributed by atoms with Crippen molar-refractivity contribution in [2.24, 2.45) is 0 Å². The third kappa shape index (κ3) is 4.59. The van der Waals surface area contributed by atoms with E-state index in [1.54, 1.807) is 6.07 Å². The largest absolute Gasteiger partial charge is 0.359 e. The number of H-pyrrole nitrogens is 1. The van der Waals surface area contributed by atoms with Gasteiger partial charge in [0.05, 0.1) is 5.56 Å². The van der Waals surface area contributed by atoms with Crippen LogP contribution in [0.2, 0.25) is 0 Å². The van der Waals surface area contributed by atoms with Gasteiger partial charge in [0, 0.05) is 51.9 Å².